The third-order valence-electron chi connectivity index (χ3n) is 4.42. The highest BCUT2D eigenvalue weighted by Gasteiger charge is 2.14. The summed E-state index contributed by atoms with van der Waals surface area (Å²) in [6.07, 6.45) is 7.79. The van der Waals surface area contributed by atoms with E-state index in [1.165, 1.54) is 11.1 Å². The Labute approximate surface area is 147 Å². The molecule has 0 saturated carbocycles. The number of pyridine rings is 1. The Kier molecular flexibility index (Phi) is 5.53. The SMILES string of the molecule is CN(CCc1ccncc1)Cc1c(CC(N)C=O)ccc2[nH]ncc12. The Morgan fingerprint density at radius 3 is 2.84 bits per heavy atom. The number of aromatic nitrogens is 3. The van der Waals surface area contributed by atoms with Gasteiger partial charge < -0.3 is 15.4 Å². The molecule has 3 N–H and O–H groups in total. The highest BCUT2D eigenvalue weighted by Crippen LogP contribution is 2.23. The van der Waals surface area contributed by atoms with Gasteiger partial charge >= 0.3 is 0 Å². The van der Waals surface area contributed by atoms with E-state index in [2.05, 4.69) is 27.1 Å². The summed E-state index contributed by atoms with van der Waals surface area (Å²) in [5, 5.41) is 8.25. The van der Waals surface area contributed by atoms with Crippen molar-refractivity contribution in [2.75, 3.05) is 13.6 Å². The fourth-order valence-electron chi connectivity index (χ4n) is 3.02. The van der Waals surface area contributed by atoms with E-state index in [-0.39, 0.29) is 0 Å². The lowest BCUT2D eigenvalue weighted by atomic mass is 9.97. The van der Waals surface area contributed by atoms with E-state index in [1.54, 1.807) is 0 Å². The van der Waals surface area contributed by atoms with Gasteiger partial charge in [-0.25, -0.2) is 0 Å². The van der Waals surface area contributed by atoms with Crippen LogP contribution in [0, 0.1) is 0 Å². The molecule has 3 aromatic rings. The lowest BCUT2D eigenvalue weighted by Gasteiger charge is -2.20. The van der Waals surface area contributed by atoms with Crippen LogP contribution in [0.3, 0.4) is 0 Å². The maximum atomic E-state index is 11.0. The fraction of sp³-hybridized carbons (Fsp3) is 0.316. The number of hydrogen-bond acceptors (Lipinski definition) is 5. The second-order valence-electron chi connectivity index (χ2n) is 6.38. The van der Waals surface area contributed by atoms with Gasteiger partial charge in [-0.2, -0.15) is 5.10 Å². The molecule has 0 amide bonds. The molecule has 0 radical (unpaired) electrons. The predicted molar refractivity (Wildman–Crippen MR) is 98.1 cm³/mol. The summed E-state index contributed by atoms with van der Waals surface area (Å²) < 4.78 is 0. The van der Waals surface area contributed by atoms with Crippen LogP contribution in [0.1, 0.15) is 16.7 Å². The van der Waals surface area contributed by atoms with Gasteiger partial charge in [0.2, 0.25) is 0 Å². The highest BCUT2D eigenvalue weighted by atomic mass is 16.1. The van der Waals surface area contributed by atoms with E-state index in [0.29, 0.717) is 6.42 Å². The smallest absolute Gasteiger partial charge is 0.137 e. The fourth-order valence-corrected chi connectivity index (χ4v) is 3.02. The first-order valence-corrected chi connectivity index (χ1v) is 8.39. The van der Waals surface area contributed by atoms with Crippen molar-refractivity contribution in [1.82, 2.24) is 20.1 Å². The van der Waals surface area contributed by atoms with Crippen LogP contribution < -0.4 is 5.73 Å². The maximum absolute atomic E-state index is 11.0. The molecule has 130 valence electrons. The number of nitrogens with one attached hydrogen (secondary N) is 1. The summed E-state index contributed by atoms with van der Waals surface area (Å²) in [6.45, 7) is 1.71. The van der Waals surface area contributed by atoms with E-state index in [0.717, 1.165) is 42.3 Å². The van der Waals surface area contributed by atoms with Gasteiger partial charge in [0.05, 0.1) is 17.8 Å². The number of rotatable bonds is 8. The molecule has 6 nitrogen and oxygen atoms in total. The Morgan fingerprint density at radius 2 is 2.08 bits per heavy atom. The van der Waals surface area contributed by atoms with Crippen LogP contribution in [0.5, 0.6) is 0 Å². The van der Waals surface area contributed by atoms with Crippen LogP contribution in [-0.2, 0) is 24.2 Å². The molecular weight excluding hydrogens is 314 g/mol. The molecular formula is C19H23N5O. The van der Waals surface area contributed by atoms with Crippen LogP contribution in [0.4, 0.5) is 0 Å². The number of likely N-dealkylation sites (N-methyl/N-ethyl adjacent to an activating group) is 1. The predicted octanol–water partition coefficient (Wildman–Crippen LogP) is 1.70. The van der Waals surface area contributed by atoms with Crippen LogP contribution >= 0.6 is 0 Å². The van der Waals surface area contributed by atoms with Gasteiger partial charge in [0.15, 0.2) is 0 Å². The van der Waals surface area contributed by atoms with Gasteiger partial charge in [-0.05, 0) is 54.8 Å². The first kappa shape index (κ1) is 17.3. The third-order valence-corrected chi connectivity index (χ3v) is 4.42. The molecule has 0 aliphatic rings. The zero-order chi connectivity index (χ0) is 17.6. The molecule has 0 bridgehead atoms. The second-order valence-corrected chi connectivity index (χ2v) is 6.38. The Balaban J connectivity index is 1.77. The first-order chi connectivity index (χ1) is 12.2. The Bertz CT molecular complexity index is 830. The van der Waals surface area contributed by atoms with Crippen molar-refractivity contribution in [2.45, 2.75) is 25.4 Å². The van der Waals surface area contributed by atoms with Gasteiger partial charge in [-0.3, -0.25) is 10.1 Å². The second kappa shape index (κ2) is 8.00. The highest BCUT2D eigenvalue weighted by molar-refractivity contribution is 5.83. The number of aldehydes is 1. The van der Waals surface area contributed by atoms with Crippen molar-refractivity contribution in [3.8, 4) is 0 Å². The van der Waals surface area contributed by atoms with Gasteiger partial charge in [0.1, 0.15) is 6.29 Å². The molecule has 0 saturated heterocycles. The normalized spacial score (nSPS) is 12.6. The minimum absolute atomic E-state index is 0.481. The van der Waals surface area contributed by atoms with Crippen LogP contribution in [0.2, 0.25) is 0 Å². The van der Waals surface area contributed by atoms with Crippen molar-refractivity contribution in [3.05, 3.63) is 59.5 Å². The Morgan fingerprint density at radius 1 is 1.28 bits per heavy atom. The molecule has 6 heteroatoms. The molecule has 0 aliphatic carbocycles. The topological polar surface area (TPSA) is 87.9 Å². The van der Waals surface area contributed by atoms with Crippen LogP contribution in [0.25, 0.3) is 10.9 Å². The van der Waals surface area contributed by atoms with Crippen molar-refractivity contribution in [1.29, 1.82) is 0 Å². The summed E-state index contributed by atoms with van der Waals surface area (Å²) in [6, 6.07) is 7.63. The number of nitrogens with zero attached hydrogens (tertiary/aromatic N) is 3. The van der Waals surface area contributed by atoms with Gasteiger partial charge in [-0.15, -0.1) is 0 Å². The number of nitrogens with two attached hydrogens (primary N) is 1. The number of benzene rings is 1. The lowest BCUT2D eigenvalue weighted by Crippen LogP contribution is -2.26. The number of carbonyl (C=O) groups excluding carboxylic acids is 1. The van der Waals surface area contributed by atoms with Crippen molar-refractivity contribution in [3.63, 3.8) is 0 Å². The van der Waals surface area contributed by atoms with Crippen molar-refractivity contribution in [2.24, 2.45) is 5.73 Å². The van der Waals surface area contributed by atoms with Crippen LogP contribution in [-0.4, -0.2) is 46.0 Å². The minimum atomic E-state index is -0.481. The van der Waals surface area contributed by atoms with Gasteiger partial charge in [0, 0.05) is 30.9 Å². The van der Waals surface area contributed by atoms with Gasteiger partial charge in [-0.1, -0.05) is 6.07 Å². The average molecular weight is 337 g/mol. The van der Waals surface area contributed by atoms with Gasteiger partial charge in [0.25, 0.3) is 0 Å². The molecule has 0 fully saturated rings. The van der Waals surface area contributed by atoms with Crippen LogP contribution in [0.15, 0.2) is 42.9 Å². The standard InChI is InChI=1S/C19H23N5O/c1-24(9-6-14-4-7-21-8-5-14)12-18-15(10-16(20)13-25)2-3-19-17(18)11-22-23-19/h2-5,7-8,11,13,16H,6,9-10,12,20H2,1H3,(H,22,23). The quantitative estimate of drug-likeness (QED) is 0.611. The number of hydrogen-bond donors (Lipinski definition) is 2. The summed E-state index contributed by atoms with van der Waals surface area (Å²) in [4.78, 5) is 17.3. The zero-order valence-corrected chi connectivity index (χ0v) is 14.4. The lowest BCUT2D eigenvalue weighted by molar-refractivity contribution is -0.108. The monoisotopic (exact) mass is 337 g/mol. The number of aromatic amines is 1. The number of H-pyrrole nitrogens is 1. The average Bonchev–Trinajstić information content (AvgIpc) is 3.11. The van der Waals surface area contributed by atoms with E-state index in [4.69, 9.17) is 5.73 Å². The Hall–Kier alpha value is -2.57. The minimum Gasteiger partial charge on any atom is -0.321 e. The first-order valence-electron chi connectivity index (χ1n) is 8.39. The largest absolute Gasteiger partial charge is 0.321 e. The molecule has 0 spiro atoms. The van der Waals surface area contributed by atoms with Crippen molar-refractivity contribution >= 4 is 17.2 Å². The number of fused-ring (bicyclic) bond motifs is 1. The number of carbonyl (C=O) groups is 1. The van der Waals surface area contributed by atoms with E-state index in [9.17, 15) is 4.79 Å². The molecule has 2 aromatic heterocycles. The molecule has 2 heterocycles. The summed E-state index contributed by atoms with van der Waals surface area (Å²) >= 11 is 0. The summed E-state index contributed by atoms with van der Waals surface area (Å²) in [5.74, 6) is 0. The van der Waals surface area contributed by atoms with E-state index in [1.807, 2.05) is 42.9 Å². The molecule has 1 atom stereocenters. The molecule has 3 rings (SSSR count). The summed E-state index contributed by atoms with van der Waals surface area (Å²) in [5.41, 5.74) is 10.4. The van der Waals surface area contributed by atoms with E-state index < -0.39 is 6.04 Å². The summed E-state index contributed by atoms with van der Waals surface area (Å²) in [7, 11) is 2.10. The third kappa shape index (κ3) is 4.29. The molecule has 25 heavy (non-hydrogen) atoms. The molecule has 1 unspecified atom stereocenters. The maximum Gasteiger partial charge on any atom is 0.137 e. The van der Waals surface area contributed by atoms with Crippen molar-refractivity contribution < 1.29 is 4.79 Å². The van der Waals surface area contributed by atoms with E-state index >= 15 is 0 Å². The molecule has 0 aliphatic heterocycles. The zero-order valence-electron chi connectivity index (χ0n) is 14.4. The molecule has 1 aromatic carbocycles.